The van der Waals surface area contributed by atoms with Gasteiger partial charge in [-0.25, -0.2) is 5.43 Å². The standard InChI is InChI=1S/C20H17BrN2O3/c1-25-14-9-7-13-8-10-19(26-2)17(16(13)11-14)12-22-23-20(24)15-5-3-4-6-18(15)21/h3-12H,1-2H3,(H,23,24)/b22-12-. The highest BCUT2D eigenvalue weighted by molar-refractivity contribution is 9.10. The van der Waals surface area contributed by atoms with Crippen LogP contribution < -0.4 is 14.9 Å². The van der Waals surface area contributed by atoms with Gasteiger partial charge in [-0.15, -0.1) is 0 Å². The molecule has 0 unspecified atom stereocenters. The van der Waals surface area contributed by atoms with E-state index in [0.717, 1.165) is 22.1 Å². The summed E-state index contributed by atoms with van der Waals surface area (Å²) in [7, 11) is 3.21. The third-order valence-electron chi connectivity index (χ3n) is 3.93. The van der Waals surface area contributed by atoms with E-state index in [1.165, 1.54) is 0 Å². The predicted molar refractivity (Wildman–Crippen MR) is 106 cm³/mol. The van der Waals surface area contributed by atoms with Crippen molar-refractivity contribution in [1.29, 1.82) is 0 Å². The van der Waals surface area contributed by atoms with Crippen LogP contribution in [0.1, 0.15) is 15.9 Å². The zero-order valence-electron chi connectivity index (χ0n) is 14.3. The number of hydrazone groups is 1. The lowest BCUT2D eigenvalue weighted by atomic mass is 10.0. The fraction of sp³-hybridized carbons (Fsp3) is 0.100. The summed E-state index contributed by atoms with van der Waals surface area (Å²) in [5.41, 5.74) is 3.82. The molecule has 0 fully saturated rings. The zero-order chi connectivity index (χ0) is 18.5. The minimum Gasteiger partial charge on any atom is -0.497 e. The fourth-order valence-corrected chi connectivity index (χ4v) is 3.07. The molecule has 3 rings (SSSR count). The van der Waals surface area contributed by atoms with E-state index >= 15 is 0 Å². The van der Waals surface area contributed by atoms with Gasteiger partial charge in [-0.2, -0.15) is 5.10 Å². The zero-order valence-corrected chi connectivity index (χ0v) is 15.9. The second-order valence-electron chi connectivity index (χ2n) is 5.45. The topological polar surface area (TPSA) is 59.9 Å². The summed E-state index contributed by atoms with van der Waals surface area (Å²) >= 11 is 3.36. The first-order chi connectivity index (χ1) is 12.6. The van der Waals surface area contributed by atoms with E-state index in [-0.39, 0.29) is 5.91 Å². The summed E-state index contributed by atoms with van der Waals surface area (Å²) in [6, 6.07) is 16.8. The Kier molecular flexibility index (Phi) is 5.53. The Morgan fingerprint density at radius 1 is 1.08 bits per heavy atom. The molecule has 0 radical (unpaired) electrons. The summed E-state index contributed by atoms with van der Waals surface area (Å²) in [5.74, 6) is 1.09. The molecule has 0 bridgehead atoms. The molecule has 0 saturated heterocycles. The van der Waals surface area contributed by atoms with Gasteiger partial charge in [-0.05, 0) is 57.0 Å². The van der Waals surface area contributed by atoms with Crippen molar-refractivity contribution in [3.8, 4) is 11.5 Å². The Morgan fingerprint density at radius 2 is 1.85 bits per heavy atom. The number of methoxy groups -OCH3 is 2. The van der Waals surface area contributed by atoms with Gasteiger partial charge in [0.05, 0.1) is 26.0 Å². The number of benzene rings is 3. The summed E-state index contributed by atoms with van der Waals surface area (Å²) in [4.78, 5) is 12.3. The number of fused-ring (bicyclic) bond motifs is 1. The molecule has 0 aliphatic heterocycles. The molecule has 0 aliphatic carbocycles. The average molecular weight is 413 g/mol. The Morgan fingerprint density at radius 3 is 2.58 bits per heavy atom. The lowest BCUT2D eigenvalue weighted by Crippen LogP contribution is -2.18. The highest BCUT2D eigenvalue weighted by atomic mass is 79.9. The van der Waals surface area contributed by atoms with Crippen molar-refractivity contribution >= 4 is 38.8 Å². The van der Waals surface area contributed by atoms with Gasteiger partial charge >= 0.3 is 0 Å². The number of hydrogen-bond donors (Lipinski definition) is 1. The van der Waals surface area contributed by atoms with Gasteiger partial charge in [0.1, 0.15) is 11.5 Å². The first-order valence-corrected chi connectivity index (χ1v) is 8.66. The summed E-state index contributed by atoms with van der Waals surface area (Å²) in [6.07, 6.45) is 1.58. The SMILES string of the molecule is COc1ccc2ccc(OC)c(/C=N\NC(=O)c3ccccc3Br)c2c1. The third-order valence-corrected chi connectivity index (χ3v) is 4.62. The van der Waals surface area contributed by atoms with Crippen molar-refractivity contribution in [1.82, 2.24) is 5.43 Å². The van der Waals surface area contributed by atoms with E-state index in [4.69, 9.17) is 9.47 Å². The second kappa shape index (κ2) is 8.01. The maximum absolute atomic E-state index is 12.3. The van der Waals surface area contributed by atoms with Gasteiger partial charge in [-0.1, -0.05) is 24.3 Å². The Balaban J connectivity index is 1.93. The van der Waals surface area contributed by atoms with E-state index < -0.39 is 0 Å². The van der Waals surface area contributed by atoms with Crippen LogP contribution in [0.15, 0.2) is 64.2 Å². The number of rotatable bonds is 5. The number of nitrogens with one attached hydrogen (secondary N) is 1. The van der Waals surface area contributed by atoms with Crippen LogP contribution in [-0.2, 0) is 0 Å². The molecular weight excluding hydrogens is 396 g/mol. The molecule has 0 aromatic heterocycles. The van der Waals surface area contributed by atoms with E-state index in [0.29, 0.717) is 15.8 Å². The first kappa shape index (κ1) is 17.9. The van der Waals surface area contributed by atoms with Gasteiger partial charge < -0.3 is 9.47 Å². The number of hydrogen-bond acceptors (Lipinski definition) is 4. The third kappa shape index (κ3) is 3.70. The van der Waals surface area contributed by atoms with Gasteiger partial charge in [0, 0.05) is 10.0 Å². The lowest BCUT2D eigenvalue weighted by molar-refractivity contribution is 0.0954. The van der Waals surface area contributed by atoms with Crippen molar-refractivity contribution in [2.24, 2.45) is 5.10 Å². The minimum atomic E-state index is -0.300. The Bertz CT molecular complexity index is 981. The van der Waals surface area contributed by atoms with Crippen LogP contribution in [0.3, 0.4) is 0 Å². The molecule has 3 aromatic rings. The van der Waals surface area contributed by atoms with E-state index in [9.17, 15) is 4.79 Å². The van der Waals surface area contributed by atoms with Crippen LogP contribution in [0.5, 0.6) is 11.5 Å². The van der Waals surface area contributed by atoms with Crippen molar-refractivity contribution in [2.75, 3.05) is 14.2 Å². The van der Waals surface area contributed by atoms with E-state index in [2.05, 4.69) is 26.5 Å². The van der Waals surface area contributed by atoms with Crippen molar-refractivity contribution in [2.45, 2.75) is 0 Å². The van der Waals surface area contributed by atoms with Gasteiger partial charge in [0.2, 0.25) is 0 Å². The molecular formula is C20H17BrN2O3. The number of halogens is 1. The predicted octanol–water partition coefficient (Wildman–Crippen LogP) is 4.38. The van der Waals surface area contributed by atoms with Crippen LogP contribution in [0.2, 0.25) is 0 Å². The highest BCUT2D eigenvalue weighted by Crippen LogP contribution is 2.29. The summed E-state index contributed by atoms with van der Waals surface area (Å²) in [5, 5.41) is 6.04. The van der Waals surface area contributed by atoms with Crippen LogP contribution >= 0.6 is 15.9 Å². The molecule has 3 aromatic carbocycles. The van der Waals surface area contributed by atoms with E-state index in [1.54, 1.807) is 38.6 Å². The van der Waals surface area contributed by atoms with Crippen LogP contribution in [0.25, 0.3) is 10.8 Å². The molecule has 0 atom stereocenters. The summed E-state index contributed by atoms with van der Waals surface area (Å²) in [6.45, 7) is 0. The molecule has 26 heavy (non-hydrogen) atoms. The number of carbonyl (C=O) groups excluding carboxylic acids is 1. The number of nitrogens with zero attached hydrogens (tertiary/aromatic N) is 1. The van der Waals surface area contributed by atoms with E-state index in [1.807, 2.05) is 36.4 Å². The highest BCUT2D eigenvalue weighted by Gasteiger charge is 2.10. The molecule has 0 saturated carbocycles. The fourth-order valence-electron chi connectivity index (χ4n) is 2.60. The molecule has 0 aliphatic rings. The number of amides is 1. The first-order valence-electron chi connectivity index (χ1n) is 7.86. The molecule has 6 heteroatoms. The van der Waals surface area contributed by atoms with Gasteiger partial charge in [0.25, 0.3) is 5.91 Å². The molecule has 5 nitrogen and oxygen atoms in total. The smallest absolute Gasteiger partial charge is 0.272 e. The van der Waals surface area contributed by atoms with Crippen LogP contribution in [0, 0.1) is 0 Å². The normalized spacial score (nSPS) is 10.9. The molecule has 1 N–H and O–H groups in total. The van der Waals surface area contributed by atoms with Gasteiger partial charge in [-0.3, -0.25) is 4.79 Å². The average Bonchev–Trinajstić information content (AvgIpc) is 2.67. The number of ether oxygens (including phenoxy) is 2. The Hall–Kier alpha value is -2.86. The largest absolute Gasteiger partial charge is 0.497 e. The van der Waals surface area contributed by atoms with Gasteiger partial charge in [0.15, 0.2) is 0 Å². The lowest BCUT2D eigenvalue weighted by Gasteiger charge is -2.10. The molecule has 1 amide bonds. The maximum Gasteiger partial charge on any atom is 0.272 e. The van der Waals surface area contributed by atoms with Crippen molar-refractivity contribution in [3.05, 3.63) is 70.2 Å². The quantitative estimate of drug-likeness (QED) is 0.499. The monoisotopic (exact) mass is 412 g/mol. The number of carbonyl (C=O) groups is 1. The molecule has 0 heterocycles. The van der Waals surface area contributed by atoms with Crippen molar-refractivity contribution < 1.29 is 14.3 Å². The summed E-state index contributed by atoms with van der Waals surface area (Å²) < 4.78 is 11.4. The maximum atomic E-state index is 12.3. The molecule has 132 valence electrons. The minimum absolute atomic E-state index is 0.300. The van der Waals surface area contributed by atoms with Crippen LogP contribution in [-0.4, -0.2) is 26.3 Å². The second-order valence-corrected chi connectivity index (χ2v) is 6.30. The van der Waals surface area contributed by atoms with Crippen LogP contribution in [0.4, 0.5) is 0 Å². The Labute approximate surface area is 159 Å². The van der Waals surface area contributed by atoms with Crippen molar-refractivity contribution in [3.63, 3.8) is 0 Å². The molecule has 0 spiro atoms.